The molecule has 0 bridgehead atoms. The molecular weight excluding hydrogens is 584 g/mol. The lowest BCUT2D eigenvalue weighted by Crippen LogP contribution is -2.70. The fraction of sp³-hybridized carbons (Fsp3) is 0.568. The van der Waals surface area contributed by atoms with Crippen LogP contribution < -0.4 is 5.43 Å². The fourth-order valence-electron chi connectivity index (χ4n) is 6.04. The summed E-state index contributed by atoms with van der Waals surface area (Å²) in [6, 6.07) is 18.9. The molecule has 1 heterocycles. The number of nitrogens with zero attached hydrogens (tertiary/aromatic N) is 1. The Morgan fingerprint density at radius 3 is 2.09 bits per heavy atom. The van der Waals surface area contributed by atoms with Crippen molar-refractivity contribution < 1.29 is 33.8 Å². The van der Waals surface area contributed by atoms with Gasteiger partial charge in [-0.3, -0.25) is 9.59 Å². The molecule has 46 heavy (non-hydrogen) atoms. The van der Waals surface area contributed by atoms with E-state index in [9.17, 15) is 24.3 Å². The van der Waals surface area contributed by atoms with Gasteiger partial charge in [-0.25, -0.2) is 20.0 Å². The molecule has 9 nitrogen and oxygen atoms in total. The normalized spacial score (nSPS) is 18.0. The highest BCUT2D eigenvalue weighted by molar-refractivity contribution is 6.07. The molecule has 0 saturated carbocycles. The van der Waals surface area contributed by atoms with Crippen molar-refractivity contribution in [2.24, 2.45) is 11.8 Å². The average molecular weight is 637 g/mol. The summed E-state index contributed by atoms with van der Waals surface area (Å²) in [6.07, 6.45) is 7.00. The Labute approximate surface area is 274 Å². The Kier molecular flexibility index (Phi) is 14.2. The quantitative estimate of drug-likeness (QED) is 0.113. The van der Waals surface area contributed by atoms with E-state index in [2.05, 4.69) is 12.3 Å². The molecule has 0 aromatic heterocycles. The Morgan fingerprint density at radius 2 is 1.48 bits per heavy atom. The summed E-state index contributed by atoms with van der Waals surface area (Å²) in [7, 11) is 0. The van der Waals surface area contributed by atoms with Crippen LogP contribution in [0.5, 0.6) is 0 Å². The molecule has 3 atom stereocenters. The molecule has 9 heteroatoms. The van der Waals surface area contributed by atoms with E-state index in [4.69, 9.17) is 9.47 Å². The third kappa shape index (κ3) is 10.4. The van der Waals surface area contributed by atoms with Crippen molar-refractivity contribution in [3.63, 3.8) is 0 Å². The monoisotopic (exact) mass is 636 g/mol. The molecule has 1 aliphatic heterocycles. The smallest absolute Gasteiger partial charge is 0.345 e. The highest BCUT2D eigenvalue weighted by Crippen LogP contribution is 2.34. The number of benzene rings is 2. The van der Waals surface area contributed by atoms with Crippen molar-refractivity contribution in [2.75, 3.05) is 6.54 Å². The molecule has 0 radical (unpaired) electrons. The van der Waals surface area contributed by atoms with Crippen LogP contribution in [0, 0.1) is 11.8 Å². The van der Waals surface area contributed by atoms with Crippen LogP contribution in [0.25, 0.3) is 0 Å². The Morgan fingerprint density at radius 1 is 0.870 bits per heavy atom. The average Bonchev–Trinajstić information content (AvgIpc) is 3.03. The van der Waals surface area contributed by atoms with Crippen LogP contribution in [0.2, 0.25) is 0 Å². The summed E-state index contributed by atoms with van der Waals surface area (Å²) < 4.78 is 11.4. The summed E-state index contributed by atoms with van der Waals surface area (Å²) >= 11 is 0. The third-order valence-electron chi connectivity index (χ3n) is 8.45. The first kappa shape index (κ1) is 36.7. The molecule has 0 spiro atoms. The largest absolute Gasteiger partial charge is 0.479 e. The predicted octanol–water partition coefficient (Wildman–Crippen LogP) is 6.64. The molecule has 252 valence electrons. The zero-order valence-corrected chi connectivity index (χ0v) is 28.0. The number of esters is 2. The zero-order chi connectivity index (χ0) is 33.6. The van der Waals surface area contributed by atoms with Crippen LogP contribution in [-0.4, -0.2) is 51.6 Å². The van der Waals surface area contributed by atoms with Crippen molar-refractivity contribution in [3.05, 3.63) is 71.8 Å². The second-order valence-corrected chi connectivity index (χ2v) is 13.2. The van der Waals surface area contributed by atoms with Gasteiger partial charge in [-0.2, -0.15) is 0 Å². The number of carboxylic acid groups (broad SMARTS) is 1. The van der Waals surface area contributed by atoms with Crippen molar-refractivity contribution in [2.45, 2.75) is 116 Å². The first-order valence-electron chi connectivity index (χ1n) is 16.8. The van der Waals surface area contributed by atoms with Gasteiger partial charge in [0, 0.05) is 6.54 Å². The Hall–Kier alpha value is -3.72. The van der Waals surface area contributed by atoms with E-state index >= 15 is 0 Å². The number of nitrogens with one attached hydrogen (secondary N) is 1. The summed E-state index contributed by atoms with van der Waals surface area (Å²) in [5.74, 6) is -5.27. The van der Waals surface area contributed by atoms with Crippen LogP contribution in [0.1, 0.15) is 103 Å². The second-order valence-electron chi connectivity index (χ2n) is 13.2. The number of amides is 1. The molecule has 2 aromatic carbocycles. The van der Waals surface area contributed by atoms with Crippen LogP contribution in [-0.2, 0) is 41.7 Å². The van der Waals surface area contributed by atoms with Gasteiger partial charge in [-0.05, 0) is 70.4 Å². The number of ether oxygens (including phenoxy) is 2. The van der Waals surface area contributed by atoms with Gasteiger partial charge in [-0.15, -0.1) is 0 Å². The molecule has 0 aliphatic carbocycles. The van der Waals surface area contributed by atoms with E-state index in [1.807, 2.05) is 36.4 Å². The maximum absolute atomic E-state index is 14.6. The van der Waals surface area contributed by atoms with Gasteiger partial charge in [0.1, 0.15) is 12.2 Å². The molecule has 1 fully saturated rings. The molecule has 1 aliphatic rings. The minimum Gasteiger partial charge on any atom is -0.479 e. The van der Waals surface area contributed by atoms with E-state index in [0.29, 0.717) is 50.6 Å². The summed E-state index contributed by atoms with van der Waals surface area (Å²) in [5, 5.41) is 11.5. The maximum atomic E-state index is 14.6. The zero-order valence-electron chi connectivity index (χ0n) is 28.0. The van der Waals surface area contributed by atoms with Crippen molar-refractivity contribution >= 4 is 23.8 Å². The number of aryl methyl sites for hydroxylation is 1. The molecule has 1 saturated heterocycles. The summed E-state index contributed by atoms with van der Waals surface area (Å²) in [6.45, 7) is 7.67. The van der Waals surface area contributed by atoms with E-state index in [1.165, 1.54) is 0 Å². The first-order valence-corrected chi connectivity index (χ1v) is 16.8. The Bertz CT molecular complexity index is 1260. The van der Waals surface area contributed by atoms with Gasteiger partial charge in [0.15, 0.2) is 0 Å². The Balaban J connectivity index is 1.95. The highest BCUT2D eigenvalue weighted by atomic mass is 16.6. The van der Waals surface area contributed by atoms with Crippen LogP contribution >= 0.6 is 0 Å². The number of carbonyl (C=O) groups excluding carboxylic acids is 3. The number of carbonyl (C=O) groups is 4. The van der Waals surface area contributed by atoms with Gasteiger partial charge in [0.25, 0.3) is 5.54 Å². The number of carboxylic acids is 1. The third-order valence-corrected chi connectivity index (χ3v) is 8.45. The van der Waals surface area contributed by atoms with Crippen LogP contribution in [0.15, 0.2) is 60.7 Å². The van der Waals surface area contributed by atoms with Crippen LogP contribution in [0.4, 0.5) is 0 Å². The maximum Gasteiger partial charge on any atom is 0.345 e. The van der Waals surface area contributed by atoms with Gasteiger partial charge in [-0.1, -0.05) is 99.7 Å². The molecule has 3 rings (SSSR count). The molecule has 2 aromatic rings. The minimum atomic E-state index is -2.27. The second kappa shape index (κ2) is 17.8. The molecule has 2 N–H and O–H groups in total. The summed E-state index contributed by atoms with van der Waals surface area (Å²) in [5.41, 5.74) is 1.71. The minimum absolute atomic E-state index is 0.108. The van der Waals surface area contributed by atoms with Gasteiger partial charge < -0.3 is 14.6 Å². The number of hydrazine groups is 1. The number of rotatable bonds is 17. The predicted molar refractivity (Wildman–Crippen MR) is 176 cm³/mol. The van der Waals surface area contributed by atoms with Crippen LogP contribution in [0.3, 0.4) is 0 Å². The fourth-order valence-corrected chi connectivity index (χ4v) is 6.04. The lowest BCUT2D eigenvalue weighted by molar-refractivity contribution is -0.188. The van der Waals surface area contributed by atoms with E-state index in [-0.39, 0.29) is 13.0 Å². The van der Waals surface area contributed by atoms with Gasteiger partial charge >= 0.3 is 17.9 Å². The lowest BCUT2D eigenvalue weighted by atomic mass is 9.81. The standard InChI is InChI=1S/C37H52N2O7/c1-5-6-7-8-15-23-30(31(33(41)46-36(2,3)4)24-16-22-28-18-11-9-12-19-28)32(40)39-37(34(42)43,25-17-26-38-39)35(44)45-27-29-20-13-10-14-21-29/h9-14,18-21,30-31,38H,5-8,15-17,22-27H2,1-4H3,(H,42,43)/t30-,31?,37+/m1/s1. The molecule has 1 amide bonds. The molecule has 1 unspecified atom stereocenters. The number of hydrogen-bond acceptors (Lipinski definition) is 7. The van der Waals surface area contributed by atoms with E-state index in [1.54, 1.807) is 45.0 Å². The number of aliphatic carboxylic acids is 1. The van der Waals surface area contributed by atoms with Crippen molar-refractivity contribution in [3.8, 4) is 0 Å². The highest BCUT2D eigenvalue weighted by Gasteiger charge is 2.58. The summed E-state index contributed by atoms with van der Waals surface area (Å²) in [4.78, 5) is 55.2. The first-order chi connectivity index (χ1) is 22.0. The SMILES string of the molecule is CCCCCCC[C@@H](C(=O)N1NCCC[C@]1(C(=O)O)C(=O)OCc1ccccc1)C(CCCc1ccccc1)C(=O)OC(C)(C)C. The van der Waals surface area contributed by atoms with Crippen molar-refractivity contribution in [1.29, 1.82) is 0 Å². The van der Waals surface area contributed by atoms with Gasteiger partial charge in [0.05, 0.1) is 11.8 Å². The van der Waals surface area contributed by atoms with Gasteiger partial charge in [0.2, 0.25) is 5.91 Å². The lowest BCUT2D eigenvalue weighted by Gasteiger charge is -2.44. The van der Waals surface area contributed by atoms with E-state index in [0.717, 1.165) is 36.3 Å². The number of hydrogen-bond donors (Lipinski definition) is 2. The van der Waals surface area contributed by atoms with Crippen molar-refractivity contribution in [1.82, 2.24) is 10.4 Å². The van der Waals surface area contributed by atoms with E-state index < -0.39 is 46.8 Å². The molecular formula is C37H52N2O7. The topological polar surface area (TPSA) is 122 Å². The number of unbranched alkanes of at least 4 members (excludes halogenated alkanes) is 4.